The van der Waals surface area contributed by atoms with E-state index in [1.54, 1.807) is 19.2 Å². The highest BCUT2D eigenvalue weighted by atomic mass is 16.5. The average Bonchev–Trinajstić information content (AvgIpc) is 2.56. The van der Waals surface area contributed by atoms with E-state index in [2.05, 4.69) is 44.0 Å². The molecule has 4 nitrogen and oxygen atoms in total. The zero-order valence-electron chi connectivity index (χ0n) is 15.1. The Bertz CT molecular complexity index is 959. The van der Waals surface area contributed by atoms with Gasteiger partial charge in [-0.25, -0.2) is 4.79 Å². The van der Waals surface area contributed by atoms with Crippen LogP contribution in [0.25, 0.3) is 11.0 Å². The SMILES string of the molecule is COc1ccc2c(CN(C)Cc3ccc(C)cc3C)cc(=O)oc2c1. The molecule has 0 spiro atoms. The molecule has 0 fully saturated rings. The number of benzene rings is 2. The molecule has 0 unspecified atom stereocenters. The summed E-state index contributed by atoms with van der Waals surface area (Å²) in [4.78, 5) is 14.1. The molecule has 1 aromatic heterocycles. The minimum Gasteiger partial charge on any atom is -0.497 e. The van der Waals surface area contributed by atoms with Gasteiger partial charge in [-0.2, -0.15) is 0 Å². The predicted molar refractivity (Wildman–Crippen MR) is 100 cm³/mol. The summed E-state index contributed by atoms with van der Waals surface area (Å²) in [6.07, 6.45) is 0. The van der Waals surface area contributed by atoms with Crippen molar-refractivity contribution < 1.29 is 9.15 Å². The summed E-state index contributed by atoms with van der Waals surface area (Å²) < 4.78 is 10.5. The van der Waals surface area contributed by atoms with Gasteiger partial charge >= 0.3 is 5.63 Å². The lowest BCUT2D eigenvalue weighted by molar-refractivity contribution is 0.318. The Labute approximate surface area is 147 Å². The molecule has 0 saturated carbocycles. The van der Waals surface area contributed by atoms with Crippen molar-refractivity contribution in [1.82, 2.24) is 4.90 Å². The first-order chi connectivity index (χ1) is 12.0. The molecule has 0 aliphatic carbocycles. The van der Waals surface area contributed by atoms with Gasteiger partial charge in [0.15, 0.2) is 0 Å². The third kappa shape index (κ3) is 3.91. The third-order valence-electron chi connectivity index (χ3n) is 4.42. The van der Waals surface area contributed by atoms with Gasteiger partial charge in [-0.3, -0.25) is 4.90 Å². The van der Waals surface area contributed by atoms with E-state index in [9.17, 15) is 4.79 Å². The smallest absolute Gasteiger partial charge is 0.336 e. The molecule has 0 amide bonds. The second-order valence-corrected chi connectivity index (χ2v) is 6.55. The molecule has 0 radical (unpaired) electrons. The summed E-state index contributed by atoms with van der Waals surface area (Å²) in [7, 11) is 3.66. The highest BCUT2D eigenvalue weighted by Crippen LogP contribution is 2.24. The summed E-state index contributed by atoms with van der Waals surface area (Å²) in [5, 5.41) is 0.938. The van der Waals surface area contributed by atoms with E-state index in [0.29, 0.717) is 17.9 Å². The first-order valence-electron chi connectivity index (χ1n) is 8.31. The number of hydrogen-bond donors (Lipinski definition) is 0. The Hall–Kier alpha value is -2.59. The van der Waals surface area contributed by atoms with Gasteiger partial charge in [0.2, 0.25) is 0 Å². The first kappa shape index (κ1) is 17.2. The first-order valence-corrected chi connectivity index (χ1v) is 8.31. The van der Waals surface area contributed by atoms with Crippen LogP contribution in [0.1, 0.15) is 22.3 Å². The Balaban J connectivity index is 1.87. The maximum Gasteiger partial charge on any atom is 0.336 e. The van der Waals surface area contributed by atoms with Crippen LogP contribution in [0.5, 0.6) is 5.75 Å². The fourth-order valence-corrected chi connectivity index (χ4v) is 3.13. The van der Waals surface area contributed by atoms with Gasteiger partial charge < -0.3 is 9.15 Å². The maximum absolute atomic E-state index is 11.9. The van der Waals surface area contributed by atoms with Crippen LogP contribution in [-0.4, -0.2) is 19.1 Å². The van der Waals surface area contributed by atoms with Crippen molar-refractivity contribution in [2.45, 2.75) is 26.9 Å². The Kier molecular flexibility index (Phi) is 4.91. The van der Waals surface area contributed by atoms with Crippen molar-refractivity contribution in [3.8, 4) is 5.75 Å². The lowest BCUT2D eigenvalue weighted by Crippen LogP contribution is -2.19. The number of hydrogen-bond acceptors (Lipinski definition) is 4. The van der Waals surface area contributed by atoms with Gasteiger partial charge in [0.1, 0.15) is 11.3 Å². The third-order valence-corrected chi connectivity index (χ3v) is 4.42. The summed E-state index contributed by atoms with van der Waals surface area (Å²) in [5.74, 6) is 0.677. The summed E-state index contributed by atoms with van der Waals surface area (Å²) in [5.41, 5.74) is 5.03. The fraction of sp³-hybridized carbons (Fsp3) is 0.286. The molecule has 1 heterocycles. The molecule has 0 bridgehead atoms. The molecule has 3 rings (SSSR count). The largest absolute Gasteiger partial charge is 0.497 e. The van der Waals surface area contributed by atoms with E-state index in [0.717, 1.165) is 17.5 Å². The van der Waals surface area contributed by atoms with Crippen LogP contribution >= 0.6 is 0 Å². The van der Waals surface area contributed by atoms with Crippen molar-refractivity contribution in [2.24, 2.45) is 0 Å². The minimum absolute atomic E-state index is 0.337. The minimum atomic E-state index is -0.337. The molecular weight excluding hydrogens is 314 g/mol. The summed E-state index contributed by atoms with van der Waals surface area (Å²) in [6.45, 7) is 5.73. The lowest BCUT2D eigenvalue weighted by Gasteiger charge is -2.19. The van der Waals surface area contributed by atoms with Crippen LogP contribution in [0, 0.1) is 13.8 Å². The van der Waals surface area contributed by atoms with Crippen LogP contribution in [-0.2, 0) is 13.1 Å². The molecule has 2 aromatic carbocycles. The standard InChI is InChI=1S/C21H23NO3/c1-14-5-6-16(15(2)9-14)12-22(3)13-17-10-21(23)25-20-11-18(24-4)7-8-19(17)20/h5-11H,12-13H2,1-4H3. The normalized spacial score (nSPS) is 11.2. The Morgan fingerprint density at radius 2 is 1.76 bits per heavy atom. The number of aryl methyl sites for hydroxylation is 2. The van der Waals surface area contributed by atoms with Crippen molar-refractivity contribution in [3.63, 3.8) is 0 Å². The second-order valence-electron chi connectivity index (χ2n) is 6.55. The van der Waals surface area contributed by atoms with Crippen LogP contribution in [0.4, 0.5) is 0 Å². The van der Waals surface area contributed by atoms with Gasteiger partial charge in [0, 0.05) is 30.6 Å². The van der Waals surface area contributed by atoms with E-state index in [1.807, 2.05) is 12.1 Å². The summed E-state index contributed by atoms with van der Waals surface area (Å²) >= 11 is 0. The monoisotopic (exact) mass is 337 g/mol. The highest BCUT2D eigenvalue weighted by molar-refractivity contribution is 5.81. The van der Waals surface area contributed by atoms with E-state index < -0.39 is 0 Å². The molecule has 0 N–H and O–H groups in total. The van der Waals surface area contributed by atoms with Gasteiger partial charge in [-0.1, -0.05) is 23.8 Å². The highest BCUT2D eigenvalue weighted by Gasteiger charge is 2.10. The van der Waals surface area contributed by atoms with E-state index in [1.165, 1.54) is 16.7 Å². The lowest BCUT2D eigenvalue weighted by atomic mass is 10.0. The van der Waals surface area contributed by atoms with Crippen molar-refractivity contribution in [2.75, 3.05) is 14.2 Å². The van der Waals surface area contributed by atoms with E-state index in [-0.39, 0.29) is 5.63 Å². The van der Waals surface area contributed by atoms with E-state index in [4.69, 9.17) is 9.15 Å². The summed E-state index contributed by atoms with van der Waals surface area (Å²) in [6, 6.07) is 13.7. The molecule has 130 valence electrons. The molecular formula is C21H23NO3. The molecule has 3 aromatic rings. The van der Waals surface area contributed by atoms with Gasteiger partial charge in [0.05, 0.1) is 7.11 Å². The molecule has 0 saturated heterocycles. The number of rotatable bonds is 5. The average molecular weight is 337 g/mol. The van der Waals surface area contributed by atoms with Crippen molar-refractivity contribution in [1.29, 1.82) is 0 Å². The van der Waals surface area contributed by atoms with Crippen LogP contribution in [0.15, 0.2) is 51.7 Å². The van der Waals surface area contributed by atoms with Crippen LogP contribution in [0.2, 0.25) is 0 Å². The molecule has 0 aliphatic heterocycles. The fourth-order valence-electron chi connectivity index (χ4n) is 3.13. The molecule has 25 heavy (non-hydrogen) atoms. The second kappa shape index (κ2) is 7.11. The number of nitrogens with zero attached hydrogens (tertiary/aromatic N) is 1. The maximum atomic E-state index is 11.9. The molecule has 4 heteroatoms. The van der Waals surface area contributed by atoms with Crippen LogP contribution in [0.3, 0.4) is 0 Å². The number of ether oxygens (including phenoxy) is 1. The Morgan fingerprint density at radius 3 is 2.48 bits per heavy atom. The number of methoxy groups -OCH3 is 1. The van der Waals surface area contributed by atoms with Crippen molar-refractivity contribution in [3.05, 3.63) is 75.1 Å². The van der Waals surface area contributed by atoms with Crippen molar-refractivity contribution >= 4 is 11.0 Å². The Morgan fingerprint density at radius 1 is 1.00 bits per heavy atom. The quantitative estimate of drug-likeness (QED) is 0.659. The van der Waals surface area contributed by atoms with Gasteiger partial charge in [-0.15, -0.1) is 0 Å². The topological polar surface area (TPSA) is 42.7 Å². The zero-order chi connectivity index (χ0) is 18.0. The molecule has 0 atom stereocenters. The predicted octanol–water partition coefficient (Wildman–Crippen LogP) is 4.05. The molecule has 0 aliphatic rings. The van der Waals surface area contributed by atoms with Crippen LogP contribution < -0.4 is 10.4 Å². The number of fused-ring (bicyclic) bond motifs is 1. The zero-order valence-corrected chi connectivity index (χ0v) is 15.1. The van der Waals surface area contributed by atoms with E-state index >= 15 is 0 Å². The van der Waals surface area contributed by atoms with Gasteiger partial charge in [0.25, 0.3) is 0 Å². The van der Waals surface area contributed by atoms with Gasteiger partial charge in [-0.05, 0) is 49.7 Å².